The lowest BCUT2D eigenvalue weighted by Crippen LogP contribution is -2.06. The summed E-state index contributed by atoms with van der Waals surface area (Å²) in [5, 5.41) is 3.59. The van der Waals surface area contributed by atoms with Crippen molar-refractivity contribution in [3.05, 3.63) is 45.1 Å². The second-order valence-corrected chi connectivity index (χ2v) is 6.62. The second kappa shape index (κ2) is 4.89. The second-order valence-electron chi connectivity index (χ2n) is 5.16. The van der Waals surface area contributed by atoms with E-state index in [1.807, 2.05) is 11.3 Å². The van der Waals surface area contributed by atoms with E-state index >= 15 is 0 Å². The zero-order chi connectivity index (χ0) is 13.4. The van der Waals surface area contributed by atoms with Crippen LogP contribution in [0.25, 0.3) is 0 Å². The van der Waals surface area contributed by atoms with E-state index in [0.29, 0.717) is 6.04 Å². The average Bonchev–Trinajstić information content (AvgIpc) is 2.94. The summed E-state index contributed by atoms with van der Waals surface area (Å²) >= 11 is 1.87. The minimum atomic E-state index is 0.338. The van der Waals surface area contributed by atoms with Crippen molar-refractivity contribution in [3.63, 3.8) is 0 Å². The molecule has 0 fully saturated rings. The molecular formula is C16H19NOS. The van der Waals surface area contributed by atoms with Crippen LogP contribution in [0.4, 0.5) is 5.69 Å². The highest BCUT2D eigenvalue weighted by Gasteiger charge is 2.14. The van der Waals surface area contributed by atoms with Gasteiger partial charge < -0.3 is 10.1 Å². The number of nitrogens with one attached hydrogen (secondary N) is 1. The van der Waals surface area contributed by atoms with E-state index in [-0.39, 0.29) is 0 Å². The van der Waals surface area contributed by atoms with Crippen LogP contribution in [0.1, 0.15) is 33.8 Å². The smallest absolute Gasteiger partial charge is 0.122 e. The first-order valence-electron chi connectivity index (χ1n) is 6.72. The Labute approximate surface area is 118 Å². The first-order valence-corrected chi connectivity index (χ1v) is 7.54. The van der Waals surface area contributed by atoms with Gasteiger partial charge in [-0.05, 0) is 56.2 Å². The maximum Gasteiger partial charge on any atom is 0.122 e. The van der Waals surface area contributed by atoms with Crippen molar-refractivity contribution >= 4 is 17.0 Å². The zero-order valence-electron chi connectivity index (χ0n) is 11.6. The zero-order valence-corrected chi connectivity index (χ0v) is 12.4. The van der Waals surface area contributed by atoms with E-state index in [1.54, 1.807) is 0 Å². The van der Waals surface area contributed by atoms with E-state index in [4.69, 9.17) is 4.74 Å². The number of thiophene rings is 1. The molecule has 0 amide bonds. The molecule has 0 aliphatic carbocycles. The lowest BCUT2D eigenvalue weighted by atomic mass is 10.1. The molecule has 1 aromatic carbocycles. The normalized spacial score (nSPS) is 14.9. The van der Waals surface area contributed by atoms with Crippen LogP contribution in [0.5, 0.6) is 5.75 Å². The Balaban J connectivity index is 1.79. The fraction of sp³-hybridized carbons (Fsp3) is 0.375. The summed E-state index contributed by atoms with van der Waals surface area (Å²) in [5.41, 5.74) is 3.90. The molecule has 100 valence electrons. The average molecular weight is 273 g/mol. The molecule has 3 heteroatoms. The Morgan fingerprint density at radius 3 is 2.84 bits per heavy atom. The maximum absolute atomic E-state index is 5.54. The third kappa shape index (κ3) is 2.47. The predicted molar refractivity (Wildman–Crippen MR) is 81.5 cm³/mol. The molecule has 1 aromatic heterocycles. The first-order chi connectivity index (χ1) is 9.13. The molecule has 0 radical (unpaired) electrons. The molecule has 2 heterocycles. The van der Waals surface area contributed by atoms with Gasteiger partial charge in [0, 0.05) is 27.9 Å². The lowest BCUT2D eigenvalue weighted by molar-refractivity contribution is 0.357. The van der Waals surface area contributed by atoms with Gasteiger partial charge in [-0.25, -0.2) is 0 Å². The van der Waals surface area contributed by atoms with Crippen LogP contribution in [0.3, 0.4) is 0 Å². The number of hydrogen-bond donors (Lipinski definition) is 1. The van der Waals surface area contributed by atoms with Crippen LogP contribution in [0.15, 0.2) is 24.3 Å². The van der Waals surface area contributed by atoms with Crippen LogP contribution < -0.4 is 10.1 Å². The summed E-state index contributed by atoms with van der Waals surface area (Å²) in [6.45, 7) is 7.40. The molecular weight excluding hydrogens is 254 g/mol. The minimum absolute atomic E-state index is 0.338. The predicted octanol–water partition coefficient (Wildman–Crippen LogP) is 4.47. The van der Waals surface area contributed by atoms with Gasteiger partial charge in [0.15, 0.2) is 0 Å². The van der Waals surface area contributed by atoms with Crippen molar-refractivity contribution in [1.29, 1.82) is 0 Å². The molecule has 1 aliphatic rings. The van der Waals surface area contributed by atoms with Crippen molar-refractivity contribution in [2.24, 2.45) is 0 Å². The Bertz CT molecular complexity index is 603. The van der Waals surface area contributed by atoms with E-state index < -0.39 is 0 Å². The van der Waals surface area contributed by atoms with Gasteiger partial charge in [0.2, 0.25) is 0 Å². The highest BCUT2D eigenvalue weighted by molar-refractivity contribution is 7.12. The number of benzene rings is 1. The third-order valence-corrected chi connectivity index (χ3v) is 4.60. The molecule has 2 nitrogen and oxygen atoms in total. The minimum Gasteiger partial charge on any atom is -0.493 e. The topological polar surface area (TPSA) is 21.3 Å². The summed E-state index contributed by atoms with van der Waals surface area (Å²) in [5.74, 6) is 1.04. The Kier molecular flexibility index (Phi) is 3.23. The SMILES string of the molecule is Cc1cc(C(C)Nc2ccc3c(c2)CCO3)c(C)s1. The highest BCUT2D eigenvalue weighted by Crippen LogP contribution is 2.31. The van der Waals surface area contributed by atoms with Gasteiger partial charge in [-0.3, -0.25) is 0 Å². The molecule has 2 aromatic rings. The van der Waals surface area contributed by atoms with Crippen LogP contribution in [-0.2, 0) is 6.42 Å². The largest absolute Gasteiger partial charge is 0.493 e. The quantitative estimate of drug-likeness (QED) is 0.890. The van der Waals surface area contributed by atoms with Crippen LogP contribution in [0.2, 0.25) is 0 Å². The number of aryl methyl sites for hydroxylation is 2. The summed E-state index contributed by atoms with van der Waals surface area (Å²) < 4.78 is 5.54. The van der Waals surface area contributed by atoms with Gasteiger partial charge in [0.25, 0.3) is 0 Å². The fourth-order valence-corrected chi connectivity index (χ4v) is 3.71. The molecule has 3 rings (SSSR count). The standard InChI is InChI=1S/C16H19NOS/c1-10-8-15(12(3)19-10)11(2)17-14-4-5-16-13(9-14)6-7-18-16/h4-5,8-9,11,17H,6-7H2,1-3H3. The monoisotopic (exact) mass is 273 g/mol. The van der Waals surface area contributed by atoms with Crippen LogP contribution in [-0.4, -0.2) is 6.61 Å². The van der Waals surface area contributed by atoms with Crippen molar-refractivity contribution in [2.75, 3.05) is 11.9 Å². The first kappa shape index (κ1) is 12.5. The Hall–Kier alpha value is -1.48. The van der Waals surface area contributed by atoms with E-state index in [2.05, 4.69) is 50.4 Å². The molecule has 19 heavy (non-hydrogen) atoms. The van der Waals surface area contributed by atoms with E-state index in [1.165, 1.54) is 26.6 Å². The third-order valence-electron chi connectivity index (χ3n) is 3.62. The number of rotatable bonds is 3. The highest BCUT2D eigenvalue weighted by atomic mass is 32.1. The number of anilines is 1. The number of ether oxygens (including phenoxy) is 1. The molecule has 1 atom stereocenters. The summed E-state index contributed by atoms with van der Waals surface area (Å²) in [4.78, 5) is 2.78. The number of hydrogen-bond acceptors (Lipinski definition) is 3. The van der Waals surface area contributed by atoms with Gasteiger partial charge in [-0.15, -0.1) is 11.3 Å². The van der Waals surface area contributed by atoms with Gasteiger partial charge in [0.05, 0.1) is 6.61 Å². The fourth-order valence-electron chi connectivity index (χ4n) is 2.68. The molecule has 1 aliphatic heterocycles. The van der Waals surface area contributed by atoms with E-state index in [0.717, 1.165) is 18.8 Å². The maximum atomic E-state index is 5.54. The van der Waals surface area contributed by atoms with Crippen molar-refractivity contribution < 1.29 is 4.74 Å². The van der Waals surface area contributed by atoms with Crippen LogP contribution in [0, 0.1) is 13.8 Å². The van der Waals surface area contributed by atoms with E-state index in [9.17, 15) is 0 Å². The Morgan fingerprint density at radius 1 is 1.26 bits per heavy atom. The number of fused-ring (bicyclic) bond motifs is 1. The van der Waals surface area contributed by atoms with Gasteiger partial charge in [-0.2, -0.15) is 0 Å². The van der Waals surface area contributed by atoms with Crippen molar-refractivity contribution in [3.8, 4) is 5.75 Å². The molecule has 0 saturated heterocycles. The van der Waals surface area contributed by atoms with Gasteiger partial charge >= 0.3 is 0 Å². The summed E-state index contributed by atoms with van der Waals surface area (Å²) in [6, 6.07) is 9.02. The lowest BCUT2D eigenvalue weighted by Gasteiger charge is -2.16. The summed E-state index contributed by atoms with van der Waals surface area (Å²) in [6.07, 6.45) is 1.02. The van der Waals surface area contributed by atoms with Crippen molar-refractivity contribution in [2.45, 2.75) is 33.2 Å². The van der Waals surface area contributed by atoms with Crippen LogP contribution >= 0.6 is 11.3 Å². The van der Waals surface area contributed by atoms with Gasteiger partial charge in [0.1, 0.15) is 5.75 Å². The van der Waals surface area contributed by atoms with Crippen molar-refractivity contribution in [1.82, 2.24) is 0 Å². The molecule has 0 saturated carbocycles. The molecule has 1 N–H and O–H groups in total. The molecule has 0 bridgehead atoms. The summed E-state index contributed by atoms with van der Waals surface area (Å²) in [7, 11) is 0. The molecule has 0 spiro atoms. The Morgan fingerprint density at radius 2 is 2.11 bits per heavy atom. The molecule has 1 unspecified atom stereocenters. The van der Waals surface area contributed by atoms with Gasteiger partial charge in [-0.1, -0.05) is 0 Å².